The standard InChI is InChI=1S/C13H21FN2O3S/c1-4-16(10(2)9-19-3)20(17,18)13-6-5-11(8-15)7-12(13)14/h5-7,10H,4,8-9,15H2,1-3H3. The lowest BCUT2D eigenvalue weighted by Crippen LogP contribution is -2.41. The second-order valence-electron chi connectivity index (χ2n) is 4.48. The number of benzene rings is 1. The van der Waals surface area contributed by atoms with Crippen LogP contribution in [0.3, 0.4) is 0 Å². The highest BCUT2D eigenvalue weighted by Gasteiger charge is 2.30. The van der Waals surface area contributed by atoms with Gasteiger partial charge in [-0.3, -0.25) is 0 Å². The summed E-state index contributed by atoms with van der Waals surface area (Å²) in [6.45, 7) is 4.07. The molecule has 2 N–H and O–H groups in total. The van der Waals surface area contributed by atoms with Crippen LogP contribution >= 0.6 is 0 Å². The summed E-state index contributed by atoms with van der Waals surface area (Å²) < 4.78 is 45.2. The number of nitrogens with two attached hydrogens (primary N) is 1. The Kier molecular flexibility index (Phi) is 6.07. The van der Waals surface area contributed by atoms with Gasteiger partial charge in [-0.15, -0.1) is 0 Å². The van der Waals surface area contributed by atoms with Crippen LogP contribution in [-0.4, -0.2) is 39.0 Å². The van der Waals surface area contributed by atoms with Crippen LogP contribution in [0.1, 0.15) is 19.4 Å². The van der Waals surface area contributed by atoms with Gasteiger partial charge in [-0.1, -0.05) is 13.0 Å². The number of hydrogen-bond donors (Lipinski definition) is 1. The van der Waals surface area contributed by atoms with Gasteiger partial charge >= 0.3 is 0 Å². The van der Waals surface area contributed by atoms with Crippen molar-refractivity contribution < 1.29 is 17.5 Å². The number of halogens is 1. The SMILES string of the molecule is CCN(C(C)COC)S(=O)(=O)c1ccc(CN)cc1F. The van der Waals surface area contributed by atoms with E-state index in [0.717, 1.165) is 6.07 Å². The zero-order valence-corrected chi connectivity index (χ0v) is 12.8. The van der Waals surface area contributed by atoms with Crippen molar-refractivity contribution in [3.8, 4) is 0 Å². The maximum absolute atomic E-state index is 14.0. The van der Waals surface area contributed by atoms with Gasteiger partial charge < -0.3 is 10.5 Å². The number of ether oxygens (including phenoxy) is 1. The van der Waals surface area contributed by atoms with Gasteiger partial charge in [0.2, 0.25) is 10.0 Å². The van der Waals surface area contributed by atoms with Gasteiger partial charge in [0.05, 0.1) is 6.61 Å². The van der Waals surface area contributed by atoms with Crippen molar-refractivity contribution in [3.63, 3.8) is 0 Å². The highest BCUT2D eigenvalue weighted by Crippen LogP contribution is 2.22. The highest BCUT2D eigenvalue weighted by atomic mass is 32.2. The Morgan fingerprint density at radius 1 is 1.45 bits per heavy atom. The van der Waals surface area contributed by atoms with Crippen LogP contribution in [0.25, 0.3) is 0 Å². The molecule has 0 aromatic heterocycles. The molecule has 0 bridgehead atoms. The number of nitrogens with zero attached hydrogens (tertiary/aromatic N) is 1. The average Bonchev–Trinajstić information content (AvgIpc) is 2.38. The summed E-state index contributed by atoms with van der Waals surface area (Å²) in [6.07, 6.45) is 0. The predicted octanol–water partition coefficient (Wildman–Crippen LogP) is 1.33. The van der Waals surface area contributed by atoms with Crippen molar-refractivity contribution in [1.29, 1.82) is 0 Å². The third-order valence-electron chi connectivity index (χ3n) is 3.03. The summed E-state index contributed by atoms with van der Waals surface area (Å²) in [5.74, 6) is -0.781. The van der Waals surface area contributed by atoms with Crippen molar-refractivity contribution >= 4 is 10.0 Å². The first-order valence-corrected chi connectivity index (χ1v) is 7.81. The third kappa shape index (κ3) is 3.54. The fourth-order valence-electron chi connectivity index (χ4n) is 2.05. The Balaban J connectivity index is 3.20. The van der Waals surface area contributed by atoms with E-state index in [2.05, 4.69) is 0 Å². The molecular formula is C13H21FN2O3S. The second-order valence-corrected chi connectivity index (χ2v) is 6.34. The predicted molar refractivity (Wildman–Crippen MR) is 75.2 cm³/mol. The molecule has 5 nitrogen and oxygen atoms in total. The van der Waals surface area contributed by atoms with Crippen molar-refractivity contribution in [2.24, 2.45) is 5.73 Å². The molecule has 1 aromatic rings. The first kappa shape index (κ1) is 17.0. The molecule has 0 amide bonds. The third-order valence-corrected chi connectivity index (χ3v) is 5.15. The van der Waals surface area contributed by atoms with E-state index >= 15 is 0 Å². The Bertz CT molecular complexity index is 549. The summed E-state index contributed by atoms with van der Waals surface area (Å²) >= 11 is 0. The van der Waals surface area contributed by atoms with Gasteiger partial charge in [-0.05, 0) is 24.6 Å². The van der Waals surface area contributed by atoms with Crippen LogP contribution in [0.2, 0.25) is 0 Å². The molecule has 7 heteroatoms. The molecule has 1 atom stereocenters. The molecule has 0 saturated heterocycles. The van der Waals surface area contributed by atoms with E-state index in [1.54, 1.807) is 13.8 Å². The normalized spacial score (nSPS) is 13.7. The Labute approximate surface area is 119 Å². The first-order valence-electron chi connectivity index (χ1n) is 6.37. The molecule has 0 aliphatic rings. The van der Waals surface area contributed by atoms with Crippen LogP contribution in [0, 0.1) is 5.82 Å². The minimum atomic E-state index is -3.89. The monoisotopic (exact) mass is 304 g/mol. The zero-order chi connectivity index (χ0) is 15.3. The van der Waals surface area contributed by atoms with Gasteiger partial charge in [0, 0.05) is 26.2 Å². The maximum atomic E-state index is 14.0. The summed E-state index contributed by atoms with van der Waals surface area (Å²) in [6, 6.07) is 3.56. The molecule has 0 aliphatic heterocycles. The molecule has 0 radical (unpaired) electrons. The van der Waals surface area contributed by atoms with E-state index < -0.39 is 15.8 Å². The van der Waals surface area contributed by atoms with Gasteiger partial charge in [0.15, 0.2) is 0 Å². The van der Waals surface area contributed by atoms with E-state index in [4.69, 9.17) is 10.5 Å². The molecule has 0 spiro atoms. The number of likely N-dealkylation sites (N-methyl/N-ethyl adjacent to an activating group) is 1. The van der Waals surface area contributed by atoms with Crippen molar-refractivity contribution in [1.82, 2.24) is 4.31 Å². The molecule has 0 aliphatic carbocycles. The molecule has 20 heavy (non-hydrogen) atoms. The van der Waals surface area contributed by atoms with Crippen molar-refractivity contribution in [3.05, 3.63) is 29.6 Å². The minimum Gasteiger partial charge on any atom is -0.383 e. The highest BCUT2D eigenvalue weighted by molar-refractivity contribution is 7.89. The van der Waals surface area contributed by atoms with Crippen LogP contribution in [0.15, 0.2) is 23.1 Å². The fourth-order valence-corrected chi connectivity index (χ4v) is 3.72. The van der Waals surface area contributed by atoms with Gasteiger partial charge in [-0.25, -0.2) is 12.8 Å². The molecule has 1 unspecified atom stereocenters. The van der Waals surface area contributed by atoms with E-state index in [1.807, 2.05) is 0 Å². The number of methoxy groups -OCH3 is 1. The molecule has 0 saturated carbocycles. The summed E-state index contributed by atoms with van der Waals surface area (Å²) in [5.41, 5.74) is 5.96. The number of hydrogen-bond acceptors (Lipinski definition) is 4. The molecule has 114 valence electrons. The Hall–Kier alpha value is -1.02. The van der Waals surface area contributed by atoms with Crippen LogP contribution in [-0.2, 0) is 21.3 Å². The summed E-state index contributed by atoms with van der Waals surface area (Å²) in [7, 11) is -2.40. The van der Waals surface area contributed by atoms with E-state index in [9.17, 15) is 12.8 Å². The molecule has 1 rings (SSSR count). The van der Waals surface area contributed by atoms with Gasteiger partial charge in [-0.2, -0.15) is 4.31 Å². The smallest absolute Gasteiger partial charge is 0.246 e. The Morgan fingerprint density at radius 3 is 2.55 bits per heavy atom. The second kappa shape index (κ2) is 7.12. The lowest BCUT2D eigenvalue weighted by Gasteiger charge is -2.26. The summed E-state index contributed by atoms with van der Waals surface area (Å²) in [4.78, 5) is -0.334. The van der Waals surface area contributed by atoms with Gasteiger partial charge in [0.1, 0.15) is 10.7 Å². The maximum Gasteiger partial charge on any atom is 0.246 e. The Morgan fingerprint density at radius 2 is 2.10 bits per heavy atom. The fraction of sp³-hybridized carbons (Fsp3) is 0.538. The van der Waals surface area contributed by atoms with Crippen molar-refractivity contribution in [2.45, 2.75) is 31.3 Å². The van der Waals surface area contributed by atoms with Crippen LogP contribution in [0.5, 0.6) is 0 Å². The number of sulfonamides is 1. The minimum absolute atomic E-state index is 0.162. The molecule has 0 heterocycles. The zero-order valence-electron chi connectivity index (χ0n) is 12.0. The average molecular weight is 304 g/mol. The lowest BCUT2D eigenvalue weighted by atomic mass is 10.2. The molecule has 1 aromatic carbocycles. The van der Waals surface area contributed by atoms with Crippen LogP contribution < -0.4 is 5.73 Å². The topological polar surface area (TPSA) is 72.6 Å². The largest absolute Gasteiger partial charge is 0.383 e. The quantitative estimate of drug-likeness (QED) is 0.825. The molecule has 0 fully saturated rings. The van der Waals surface area contributed by atoms with Crippen molar-refractivity contribution in [2.75, 3.05) is 20.3 Å². The van der Waals surface area contributed by atoms with Gasteiger partial charge in [0.25, 0.3) is 0 Å². The number of rotatable bonds is 7. The van der Waals surface area contributed by atoms with E-state index in [0.29, 0.717) is 5.56 Å². The molecular weight excluding hydrogens is 283 g/mol. The summed E-state index contributed by atoms with van der Waals surface area (Å²) in [5, 5.41) is 0. The first-order chi connectivity index (χ1) is 9.38. The lowest BCUT2D eigenvalue weighted by molar-refractivity contribution is 0.142. The van der Waals surface area contributed by atoms with Crippen LogP contribution in [0.4, 0.5) is 4.39 Å². The van der Waals surface area contributed by atoms with E-state index in [-0.39, 0.29) is 30.6 Å². The van der Waals surface area contributed by atoms with E-state index in [1.165, 1.54) is 23.5 Å².